The van der Waals surface area contributed by atoms with E-state index in [0.29, 0.717) is 17.6 Å². The van der Waals surface area contributed by atoms with E-state index in [1.165, 1.54) is 0 Å². The fourth-order valence-corrected chi connectivity index (χ4v) is 2.47. The summed E-state index contributed by atoms with van der Waals surface area (Å²) >= 11 is 0. The maximum Gasteiger partial charge on any atom is 0.255 e. The first-order valence-electron chi connectivity index (χ1n) is 7.61. The molecule has 0 unspecified atom stereocenters. The minimum atomic E-state index is -0.187. The number of aldehydes is 1. The van der Waals surface area contributed by atoms with Crippen LogP contribution in [0.2, 0.25) is 0 Å². The molecular formula is C20H17NO3. The third-order valence-corrected chi connectivity index (χ3v) is 4.01. The molecule has 3 aromatic rings. The first-order chi connectivity index (χ1) is 11.6. The van der Waals surface area contributed by atoms with E-state index in [2.05, 4.69) is 5.32 Å². The summed E-state index contributed by atoms with van der Waals surface area (Å²) in [4.78, 5) is 23.3. The second-order valence-electron chi connectivity index (χ2n) is 5.60. The molecule has 1 heterocycles. The summed E-state index contributed by atoms with van der Waals surface area (Å²) in [6.45, 7) is 3.98. The van der Waals surface area contributed by atoms with Gasteiger partial charge in [-0.2, -0.15) is 0 Å². The number of nitrogens with one attached hydrogen (secondary N) is 1. The summed E-state index contributed by atoms with van der Waals surface area (Å²) in [6, 6.07) is 16.2. The van der Waals surface area contributed by atoms with Crippen LogP contribution in [0.15, 0.2) is 59.0 Å². The molecule has 120 valence electrons. The van der Waals surface area contributed by atoms with Crippen molar-refractivity contribution in [1.82, 2.24) is 0 Å². The van der Waals surface area contributed by atoms with Gasteiger partial charge in [-0.25, -0.2) is 0 Å². The lowest BCUT2D eigenvalue weighted by Gasteiger charge is -2.10. The Bertz CT molecular complexity index is 909. The molecule has 1 amide bonds. The fourth-order valence-electron chi connectivity index (χ4n) is 2.47. The second kappa shape index (κ2) is 6.54. The Kier molecular flexibility index (Phi) is 4.29. The Labute approximate surface area is 140 Å². The van der Waals surface area contributed by atoms with Crippen LogP contribution in [0.3, 0.4) is 0 Å². The van der Waals surface area contributed by atoms with Crippen molar-refractivity contribution < 1.29 is 14.0 Å². The smallest absolute Gasteiger partial charge is 0.255 e. The van der Waals surface area contributed by atoms with Crippen LogP contribution >= 0.6 is 0 Å². The highest BCUT2D eigenvalue weighted by Crippen LogP contribution is 2.24. The molecule has 0 fully saturated rings. The number of rotatable bonds is 4. The number of amides is 1. The molecule has 24 heavy (non-hydrogen) atoms. The van der Waals surface area contributed by atoms with E-state index >= 15 is 0 Å². The number of furan rings is 1. The third kappa shape index (κ3) is 3.13. The average molecular weight is 319 g/mol. The van der Waals surface area contributed by atoms with Crippen LogP contribution in [-0.2, 0) is 0 Å². The van der Waals surface area contributed by atoms with E-state index in [1.807, 2.05) is 38.1 Å². The lowest BCUT2D eigenvalue weighted by Crippen LogP contribution is -2.13. The topological polar surface area (TPSA) is 59.3 Å². The highest BCUT2D eigenvalue weighted by Gasteiger charge is 2.11. The zero-order valence-electron chi connectivity index (χ0n) is 13.5. The molecular weight excluding hydrogens is 302 g/mol. The largest absolute Gasteiger partial charge is 0.453 e. The van der Waals surface area contributed by atoms with Crippen molar-refractivity contribution in [2.45, 2.75) is 13.8 Å². The van der Waals surface area contributed by atoms with E-state index < -0.39 is 0 Å². The molecule has 1 aromatic heterocycles. The van der Waals surface area contributed by atoms with Gasteiger partial charge in [0.25, 0.3) is 5.91 Å². The highest BCUT2D eigenvalue weighted by atomic mass is 16.3. The van der Waals surface area contributed by atoms with E-state index in [-0.39, 0.29) is 11.7 Å². The van der Waals surface area contributed by atoms with E-state index in [4.69, 9.17) is 4.42 Å². The monoisotopic (exact) mass is 319 g/mol. The van der Waals surface area contributed by atoms with Gasteiger partial charge < -0.3 is 9.73 Å². The number of benzene rings is 2. The molecule has 0 atom stereocenters. The summed E-state index contributed by atoms with van der Waals surface area (Å²) in [7, 11) is 0. The maximum absolute atomic E-state index is 12.5. The van der Waals surface area contributed by atoms with Crippen LogP contribution in [0.5, 0.6) is 0 Å². The predicted octanol–water partition coefficient (Wildman–Crippen LogP) is 4.63. The molecule has 0 bridgehead atoms. The van der Waals surface area contributed by atoms with Gasteiger partial charge >= 0.3 is 0 Å². The molecule has 0 aliphatic carbocycles. The SMILES string of the molecule is Cc1cccc(NC(=O)c2cccc(-c3ccc(C=O)o3)c2)c1C. The first-order valence-corrected chi connectivity index (χ1v) is 7.61. The molecule has 4 nitrogen and oxygen atoms in total. The van der Waals surface area contributed by atoms with Gasteiger partial charge in [0, 0.05) is 16.8 Å². The molecule has 1 N–H and O–H groups in total. The van der Waals surface area contributed by atoms with Crippen molar-refractivity contribution in [3.05, 3.63) is 77.0 Å². The van der Waals surface area contributed by atoms with E-state index in [9.17, 15) is 9.59 Å². The van der Waals surface area contributed by atoms with Crippen LogP contribution in [0.25, 0.3) is 11.3 Å². The van der Waals surface area contributed by atoms with Crippen molar-refractivity contribution in [3.63, 3.8) is 0 Å². The molecule has 3 rings (SSSR count). The number of hydrogen-bond donors (Lipinski definition) is 1. The molecule has 0 saturated heterocycles. The summed E-state index contributed by atoms with van der Waals surface area (Å²) < 4.78 is 5.41. The maximum atomic E-state index is 12.5. The molecule has 0 spiro atoms. The minimum absolute atomic E-state index is 0.187. The summed E-state index contributed by atoms with van der Waals surface area (Å²) in [5.74, 6) is 0.626. The van der Waals surface area contributed by atoms with Crippen molar-refractivity contribution in [2.24, 2.45) is 0 Å². The fraction of sp³-hybridized carbons (Fsp3) is 0.100. The van der Waals surface area contributed by atoms with Crippen LogP contribution in [0.4, 0.5) is 5.69 Å². The lowest BCUT2D eigenvalue weighted by atomic mass is 10.1. The molecule has 4 heteroatoms. The number of anilines is 1. The molecule has 2 aromatic carbocycles. The Morgan fingerprint density at radius 2 is 1.83 bits per heavy atom. The summed E-state index contributed by atoms with van der Waals surface area (Å²) in [6.07, 6.45) is 0.653. The molecule has 0 aliphatic rings. The van der Waals surface area contributed by atoms with Gasteiger partial charge in [0.15, 0.2) is 12.0 Å². The van der Waals surface area contributed by atoms with Crippen LogP contribution in [-0.4, -0.2) is 12.2 Å². The van der Waals surface area contributed by atoms with Gasteiger partial charge in [-0.05, 0) is 55.3 Å². The quantitative estimate of drug-likeness (QED) is 0.713. The first kappa shape index (κ1) is 15.7. The number of hydrogen-bond acceptors (Lipinski definition) is 3. The van der Waals surface area contributed by atoms with Crippen molar-refractivity contribution in [2.75, 3.05) is 5.32 Å². The molecule has 0 radical (unpaired) electrons. The van der Waals surface area contributed by atoms with Gasteiger partial charge in [0.05, 0.1) is 0 Å². The highest BCUT2D eigenvalue weighted by molar-refractivity contribution is 6.05. The average Bonchev–Trinajstić information content (AvgIpc) is 3.08. The van der Waals surface area contributed by atoms with Gasteiger partial charge in [0.2, 0.25) is 0 Å². The Morgan fingerprint density at radius 1 is 1.04 bits per heavy atom. The predicted molar refractivity (Wildman–Crippen MR) is 93.4 cm³/mol. The number of carbonyl (C=O) groups excluding carboxylic acids is 2. The van der Waals surface area contributed by atoms with Gasteiger partial charge in [-0.3, -0.25) is 9.59 Å². The van der Waals surface area contributed by atoms with Crippen molar-refractivity contribution in [3.8, 4) is 11.3 Å². The number of aryl methyl sites for hydroxylation is 1. The standard InChI is InChI=1S/C20H17NO3/c1-13-5-3-8-18(14(13)2)21-20(23)16-7-4-6-15(11-16)19-10-9-17(12-22)24-19/h3-12H,1-2H3,(H,21,23). The Hall–Kier alpha value is -3.14. The zero-order chi connectivity index (χ0) is 17.1. The van der Waals surface area contributed by atoms with Crippen LogP contribution in [0, 0.1) is 13.8 Å². The van der Waals surface area contributed by atoms with E-state index in [0.717, 1.165) is 22.4 Å². The third-order valence-electron chi connectivity index (χ3n) is 4.01. The van der Waals surface area contributed by atoms with Gasteiger partial charge in [-0.1, -0.05) is 24.3 Å². The Balaban J connectivity index is 1.86. The van der Waals surface area contributed by atoms with Gasteiger partial charge in [-0.15, -0.1) is 0 Å². The number of carbonyl (C=O) groups is 2. The summed E-state index contributed by atoms with van der Waals surface area (Å²) in [5.41, 5.74) is 4.24. The normalized spacial score (nSPS) is 10.4. The second-order valence-corrected chi connectivity index (χ2v) is 5.60. The molecule has 0 saturated carbocycles. The Morgan fingerprint density at radius 3 is 2.58 bits per heavy atom. The minimum Gasteiger partial charge on any atom is -0.453 e. The van der Waals surface area contributed by atoms with Gasteiger partial charge in [0.1, 0.15) is 5.76 Å². The zero-order valence-corrected chi connectivity index (χ0v) is 13.5. The van der Waals surface area contributed by atoms with Crippen LogP contribution < -0.4 is 5.32 Å². The van der Waals surface area contributed by atoms with Crippen LogP contribution in [0.1, 0.15) is 32.0 Å². The lowest BCUT2D eigenvalue weighted by molar-refractivity contribution is 0.102. The molecule has 0 aliphatic heterocycles. The summed E-state index contributed by atoms with van der Waals surface area (Å²) in [5, 5.41) is 2.94. The van der Waals surface area contributed by atoms with Crippen molar-refractivity contribution >= 4 is 17.9 Å². The van der Waals surface area contributed by atoms with Crippen molar-refractivity contribution in [1.29, 1.82) is 0 Å². The van der Waals surface area contributed by atoms with E-state index in [1.54, 1.807) is 30.3 Å².